The first-order valence-corrected chi connectivity index (χ1v) is 8.59. The van der Waals surface area contributed by atoms with E-state index in [0.29, 0.717) is 6.54 Å². The van der Waals surface area contributed by atoms with Gasteiger partial charge in [-0.3, -0.25) is 4.99 Å². The lowest BCUT2D eigenvalue weighted by atomic mass is 10.0. The zero-order valence-electron chi connectivity index (χ0n) is 12.3. The molecule has 2 heterocycles. The van der Waals surface area contributed by atoms with E-state index in [4.69, 9.17) is 0 Å². The molecule has 0 aromatic heterocycles. The van der Waals surface area contributed by atoms with Gasteiger partial charge in [0, 0.05) is 31.2 Å². The number of hydrogen-bond donors (Lipinski definition) is 0. The molecular weight excluding hydrogens is 262 g/mol. The Morgan fingerprint density at radius 1 is 1.42 bits per heavy atom. The largest absolute Gasteiger partial charge is 0.332 e. The molecule has 1 saturated heterocycles. The van der Waals surface area contributed by atoms with E-state index < -0.39 is 10.0 Å². The molecule has 0 aliphatic carbocycles. The van der Waals surface area contributed by atoms with Gasteiger partial charge in [0.15, 0.2) is 0 Å². The zero-order chi connectivity index (χ0) is 14.4. The molecule has 2 aliphatic heterocycles. The van der Waals surface area contributed by atoms with E-state index in [1.54, 1.807) is 4.31 Å². The summed E-state index contributed by atoms with van der Waals surface area (Å²) >= 11 is 0. The Morgan fingerprint density at radius 2 is 2.05 bits per heavy atom. The molecule has 5 nitrogen and oxygen atoms in total. The molecule has 1 fully saturated rings. The molecule has 0 N–H and O–H groups in total. The summed E-state index contributed by atoms with van der Waals surface area (Å²) in [6.07, 6.45) is 2.09. The van der Waals surface area contributed by atoms with Crippen molar-refractivity contribution in [2.75, 3.05) is 19.3 Å². The minimum atomic E-state index is -3.15. The third kappa shape index (κ3) is 2.56. The molecule has 19 heavy (non-hydrogen) atoms. The molecule has 0 saturated carbocycles. The highest BCUT2D eigenvalue weighted by Crippen LogP contribution is 2.33. The van der Waals surface area contributed by atoms with Gasteiger partial charge in [-0.05, 0) is 26.3 Å². The van der Waals surface area contributed by atoms with E-state index in [-0.39, 0.29) is 12.1 Å². The third-order valence-corrected chi connectivity index (χ3v) is 5.55. The van der Waals surface area contributed by atoms with Crippen LogP contribution in [0.2, 0.25) is 0 Å². The molecule has 2 unspecified atom stereocenters. The number of fused-ring (bicyclic) bond motifs is 1. The van der Waals surface area contributed by atoms with Crippen molar-refractivity contribution in [3.05, 3.63) is 11.3 Å². The fraction of sp³-hybridized carbons (Fsp3) is 0.769. The van der Waals surface area contributed by atoms with Gasteiger partial charge in [0.25, 0.3) is 0 Å². The normalized spacial score (nSPS) is 27.9. The summed E-state index contributed by atoms with van der Waals surface area (Å²) in [6, 6.07) is 0.235. The summed E-state index contributed by atoms with van der Waals surface area (Å²) in [5, 5.41) is 0. The molecule has 108 valence electrons. The summed E-state index contributed by atoms with van der Waals surface area (Å²) in [5.41, 5.74) is 2.52. The monoisotopic (exact) mass is 285 g/mol. The topological polar surface area (TPSA) is 53.0 Å². The van der Waals surface area contributed by atoms with Crippen molar-refractivity contribution >= 4 is 15.9 Å². The van der Waals surface area contributed by atoms with E-state index in [0.717, 1.165) is 18.8 Å². The Bertz CT molecular complexity index is 536. The lowest BCUT2D eigenvalue weighted by molar-refractivity contribution is 0.337. The maximum Gasteiger partial charge on any atom is 0.211 e. The molecule has 6 heteroatoms. The van der Waals surface area contributed by atoms with Gasteiger partial charge < -0.3 is 4.90 Å². The van der Waals surface area contributed by atoms with Crippen LogP contribution in [0.3, 0.4) is 0 Å². The number of hydrogen-bond acceptors (Lipinski definition) is 4. The molecule has 2 aliphatic rings. The van der Waals surface area contributed by atoms with Crippen molar-refractivity contribution in [2.45, 2.75) is 46.2 Å². The van der Waals surface area contributed by atoms with Crippen molar-refractivity contribution in [3.63, 3.8) is 0 Å². The van der Waals surface area contributed by atoms with Gasteiger partial charge in [-0.1, -0.05) is 6.92 Å². The minimum absolute atomic E-state index is 0.0281. The first-order chi connectivity index (χ1) is 8.75. The summed E-state index contributed by atoms with van der Waals surface area (Å²) in [7, 11) is -3.15. The van der Waals surface area contributed by atoms with E-state index in [1.807, 2.05) is 13.8 Å². The third-order valence-electron chi connectivity index (χ3n) is 4.15. The molecule has 2 rings (SSSR count). The Morgan fingerprint density at radius 3 is 2.58 bits per heavy atom. The summed E-state index contributed by atoms with van der Waals surface area (Å²) in [6.45, 7) is 9.32. The van der Waals surface area contributed by atoms with E-state index >= 15 is 0 Å². The van der Waals surface area contributed by atoms with Crippen LogP contribution >= 0.6 is 0 Å². The van der Waals surface area contributed by atoms with Crippen LogP contribution in [0.4, 0.5) is 0 Å². The summed E-state index contributed by atoms with van der Waals surface area (Å²) in [4.78, 5) is 6.78. The van der Waals surface area contributed by atoms with Crippen LogP contribution < -0.4 is 0 Å². The Balaban J connectivity index is 2.31. The SMILES string of the molecule is CCN(C1CC2=C(C)C(C)N=C(C)N2C1)S(C)(=O)=O. The number of aliphatic imine (C=N–C) groups is 1. The van der Waals surface area contributed by atoms with Gasteiger partial charge in [-0.15, -0.1) is 0 Å². The van der Waals surface area contributed by atoms with Crippen molar-refractivity contribution in [1.29, 1.82) is 0 Å². The van der Waals surface area contributed by atoms with Gasteiger partial charge in [-0.25, -0.2) is 8.42 Å². The first-order valence-electron chi connectivity index (χ1n) is 6.74. The second kappa shape index (κ2) is 4.90. The average molecular weight is 285 g/mol. The molecule has 2 atom stereocenters. The maximum atomic E-state index is 11.8. The lowest BCUT2D eigenvalue weighted by Gasteiger charge is -2.29. The molecule has 0 bridgehead atoms. The maximum absolute atomic E-state index is 11.8. The van der Waals surface area contributed by atoms with Crippen LogP contribution in [-0.2, 0) is 10.0 Å². The second-order valence-corrected chi connectivity index (χ2v) is 7.35. The van der Waals surface area contributed by atoms with Gasteiger partial charge in [-0.2, -0.15) is 4.31 Å². The van der Waals surface area contributed by atoms with E-state index in [9.17, 15) is 8.42 Å². The minimum Gasteiger partial charge on any atom is -0.332 e. The first kappa shape index (κ1) is 14.5. The highest BCUT2D eigenvalue weighted by atomic mass is 32.2. The molecular formula is C13H23N3O2S. The van der Waals surface area contributed by atoms with Crippen LogP contribution in [0.1, 0.15) is 34.1 Å². The molecule has 0 aromatic rings. The van der Waals surface area contributed by atoms with Crippen molar-refractivity contribution < 1.29 is 8.42 Å². The zero-order valence-corrected chi connectivity index (χ0v) is 13.2. The summed E-state index contributed by atoms with van der Waals surface area (Å²) < 4.78 is 25.3. The number of rotatable bonds is 3. The predicted octanol–water partition coefficient (Wildman–Crippen LogP) is 1.44. The van der Waals surface area contributed by atoms with Crippen molar-refractivity contribution in [1.82, 2.24) is 9.21 Å². The quantitative estimate of drug-likeness (QED) is 0.788. The fourth-order valence-corrected chi connectivity index (χ4v) is 4.22. The average Bonchev–Trinajstić information content (AvgIpc) is 2.70. The molecule has 0 radical (unpaired) electrons. The van der Waals surface area contributed by atoms with E-state index in [1.165, 1.54) is 17.5 Å². The van der Waals surface area contributed by atoms with Crippen LogP contribution in [0, 0.1) is 0 Å². The second-order valence-electron chi connectivity index (χ2n) is 5.42. The molecule has 0 spiro atoms. The van der Waals surface area contributed by atoms with Crippen molar-refractivity contribution in [2.24, 2.45) is 4.99 Å². The fourth-order valence-electron chi connectivity index (χ4n) is 3.06. The van der Waals surface area contributed by atoms with Crippen LogP contribution in [0.25, 0.3) is 0 Å². The van der Waals surface area contributed by atoms with Gasteiger partial charge in [0.05, 0.1) is 12.3 Å². The lowest BCUT2D eigenvalue weighted by Crippen LogP contribution is -2.42. The molecule has 0 aromatic carbocycles. The Hall–Kier alpha value is -0.880. The number of likely N-dealkylation sites (N-methyl/N-ethyl adjacent to an activating group) is 1. The van der Waals surface area contributed by atoms with Gasteiger partial charge in [0.1, 0.15) is 5.84 Å². The molecule has 0 amide bonds. The van der Waals surface area contributed by atoms with Crippen LogP contribution in [0.5, 0.6) is 0 Å². The predicted molar refractivity (Wildman–Crippen MR) is 77.6 cm³/mol. The number of sulfonamides is 1. The van der Waals surface area contributed by atoms with Gasteiger partial charge in [0.2, 0.25) is 10.0 Å². The van der Waals surface area contributed by atoms with Gasteiger partial charge >= 0.3 is 0 Å². The van der Waals surface area contributed by atoms with Crippen LogP contribution in [-0.4, -0.2) is 54.9 Å². The highest BCUT2D eigenvalue weighted by Gasteiger charge is 2.38. The Kier molecular flexibility index (Phi) is 3.75. The Labute approximate surface area is 116 Å². The number of nitrogens with zero attached hydrogens (tertiary/aromatic N) is 3. The van der Waals surface area contributed by atoms with Crippen LogP contribution in [0.15, 0.2) is 16.3 Å². The van der Waals surface area contributed by atoms with E-state index in [2.05, 4.69) is 23.7 Å². The van der Waals surface area contributed by atoms with Crippen molar-refractivity contribution in [3.8, 4) is 0 Å². The standard InChI is InChI=1S/C13H23N3O2S/c1-6-16(19(5,17)18)12-7-13-9(2)10(3)14-11(4)15(13)8-12/h10,12H,6-8H2,1-5H3. The number of amidine groups is 1. The smallest absolute Gasteiger partial charge is 0.211 e. The summed E-state index contributed by atoms with van der Waals surface area (Å²) in [5.74, 6) is 1.00. The highest BCUT2D eigenvalue weighted by molar-refractivity contribution is 7.88.